The highest BCUT2D eigenvalue weighted by Crippen LogP contribution is 2.09. The van der Waals surface area contributed by atoms with Crippen molar-refractivity contribution in [1.82, 2.24) is 14.7 Å². The second-order valence-corrected chi connectivity index (χ2v) is 4.01. The van der Waals surface area contributed by atoms with Crippen LogP contribution in [0, 0.1) is 0 Å². The molecule has 1 aromatic rings. The van der Waals surface area contributed by atoms with Gasteiger partial charge in [-0.3, -0.25) is 19.1 Å². The molecule has 1 unspecified atom stereocenters. The maximum absolute atomic E-state index is 12.3. The topological polar surface area (TPSA) is 90.7 Å². The van der Waals surface area contributed by atoms with Crippen LogP contribution >= 0.6 is 0 Å². The lowest BCUT2D eigenvalue weighted by molar-refractivity contribution is -0.153. The second kappa shape index (κ2) is 7.27. The van der Waals surface area contributed by atoms with Crippen molar-refractivity contribution in [3.05, 3.63) is 18.5 Å². The van der Waals surface area contributed by atoms with Crippen molar-refractivity contribution < 1.29 is 23.9 Å². The van der Waals surface area contributed by atoms with Crippen LogP contribution in [-0.2, 0) is 23.9 Å². The molecule has 0 N–H and O–H groups in total. The van der Waals surface area contributed by atoms with E-state index in [1.807, 2.05) is 0 Å². The quantitative estimate of drug-likeness (QED) is 0.661. The highest BCUT2D eigenvalue weighted by atomic mass is 16.5. The van der Waals surface area contributed by atoms with Gasteiger partial charge in [0.25, 0.3) is 0 Å². The van der Waals surface area contributed by atoms with Crippen molar-refractivity contribution in [3.63, 3.8) is 0 Å². The average Bonchev–Trinajstić information content (AvgIpc) is 2.98. The van der Waals surface area contributed by atoms with E-state index in [4.69, 9.17) is 0 Å². The number of hydrogen-bond acceptors (Lipinski definition) is 6. The first kappa shape index (κ1) is 15.7. The van der Waals surface area contributed by atoms with Crippen LogP contribution in [-0.4, -0.2) is 59.8 Å². The number of amides is 1. The zero-order valence-corrected chi connectivity index (χ0v) is 11.6. The van der Waals surface area contributed by atoms with Gasteiger partial charge in [-0.1, -0.05) is 0 Å². The van der Waals surface area contributed by atoms with Crippen LogP contribution in [0.25, 0.3) is 0 Å². The lowest BCUT2D eigenvalue weighted by Gasteiger charge is -2.23. The van der Waals surface area contributed by atoms with Gasteiger partial charge in [0.05, 0.1) is 14.2 Å². The summed E-state index contributed by atoms with van der Waals surface area (Å²) in [6.45, 7) is 0.975. The van der Waals surface area contributed by atoms with Crippen molar-refractivity contribution >= 4 is 17.8 Å². The van der Waals surface area contributed by atoms with Crippen molar-refractivity contribution in [2.24, 2.45) is 0 Å². The Bertz CT molecular complexity index is 453. The molecule has 8 nitrogen and oxygen atoms in total. The zero-order valence-electron chi connectivity index (χ0n) is 11.6. The third-order valence-electron chi connectivity index (χ3n) is 2.69. The molecule has 0 aliphatic rings. The molecule has 1 amide bonds. The SMILES string of the molecule is COC(=O)CN(CC(=O)OC)C(=O)C(C)n1cccn1. The molecule has 0 spiro atoms. The summed E-state index contributed by atoms with van der Waals surface area (Å²) in [5, 5.41) is 3.96. The van der Waals surface area contributed by atoms with E-state index in [0.717, 1.165) is 4.90 Å². The zero-order chi connectivity index (χ0) is 15.1. The first-order chi connectivity index (χ1) is 9.49. The fraction of sp³-hybridized carbons (Fsp3) is 0.500. The van der Waals surface area contributed by atoms with E-state index in [1.54, 1.807) is 19.2 Å². The van der Waals surface area contributed by atoms with Crippen LogP contribution in [0.2, 0.25) is 0 Å². The molecule has 20 heavy (non-hydrogen) atoms. The van der Waals surface area contributed by atoms with E-state index in [0.29, 0.717) is 0 Å². The maximum Gasteiger partial charge on any atom is 0.325 e. The smallest absolute Gasteiger partial charge is 0.325 e. The van der Waals surface area contributed by atoms with E-state index in [9.17, 15) is 14.4 Å². The number of esters is 2. The predicted octanol–water partition coefficient (Wildman–Crippen LogP) is -0.381. The van der Waals surface area contributed by atoms with Gasteiger partial charge in [0.1, 0.15) is 19.1 Å². The van der Waals surface area contributed by atoms with Crippen LogP contribution in [0.4, 0.5) is 0 Å². The molecule has 0 aromatic carbocycles. The Morgan fingerprint density at radius 3 is 2.15 bits per heavy atom. The summed E-state index contributed by atoms with van der Waals surface area (Å²) in [7, 11) is 2.42. The van der Waals surface area contributed by atoms with Crippen LogP contribution < -0.4 is 0 Å². The highest BCUT2D eigenvalue weighted by Gasteiger charge is 2.26. The number of carbonyl (C=O) groups is 3. The summed E-state index contributed by atoms with van der Waals surface area (Å²) in [6.07, 6.45) is 3.16. The Kier molecular flexibility index (Phi) is 5.70. The van der Waals surface area contributed by atoms with Crippen LogP contribution in [0.1, 0.15) is 13.0 Å². The molecular formula is C12H17N3O5. The molecule has 110 valence electrons. The molecule has 1 heterocycles. The summed E-state index contributed by atoms with van der Waals surface area (Å²) in [4.78, 5) is 36.0. The Morgan fingerprint density at radius 1 is 1.20 bits per heavy atom. The number of carbonyl (C=O) groups excluding carboxylic acids is 3. The summed E-state index contributed by atoms with van der Waals surface area (Å²) >= 11 is 0. The normalized spacial score (nSPS) is 11.6. The average molecular weight is 283 g/mol. The molecule has 0 radical (unpaired) electrons. The molecule has 0 saturated carbocycles. The van der Waals surface area contributed by atoms with Gasteiger partial charge >= 0.3 is 11.9 Å². The third kappa shape index (κ3) is 4.08. The van der Waals surface area contributed by atoms with Crippen molar-refractivity contribution in [1.29, 1.82) is 0 Å². The Morgan fingerprint density at radius 2 is 1.75 bits per heavy atom. The standard InChI is InChI=1S/C12H17N3O5/c1-9(15-6-4-5-13-15)12(18)14(7-10(16)19-2)8-11(17)20-3/h4-6,9H,7-8H2,1-3H3. The molecule has 0 aliphatic carbocycles. The largest absolute Gasteiger partial charge is 0.468 e. The van der Waals surface area contributed by atoms with Gasteiger partial charge < -0.3 is 14.4 Å². The summed E-state index contributed by atoms with van der Waals surface area (Å²) < 4.78 is 10.5. The summed E-state index contributed by atoms with van der Waals surface area (Å²) in [5.74, 6) is -1.66. The Balaban J connectivity index is 2.82. The maximum atomic E-state index is 12.3. The van der Waals surface area contributed by atoms with Crippen LogP contribution in [0.15, 0.2) is 18.5 Å². The van der Waals surface area contributed by atoms with Crippen molar-refractivity contribution in [3.8, 4) is 0 Å². The Labute approximate surface area is 116 Å². The van der Waals surface area contributed by atoms with Gasteiger partial charge in [-0.15, -0.1) is 0 Å². The summed E-state index contributed by atoms with van der Waals surface area (Å²) in [5.41, 5.74) is 0. The lowest BCUT2D eigenvalue weighted by atomic mass is 10.3. The monoisotopic (exact) mass is 283 g/mol. The third-order valence-corrected chi connectivity index (χ3v) is 2.69. The van der Waals surface area contributed by atoms with Gasteiger partial charge in [0.2, 0.25) is 5.91 Å². The molecule has 1 aromatic heterocycles. The molecule has 0 bridgehead atoms. The number of aromatic nitrogens is 2. The second-order valence-electron chi connectivity index (χ2n) is 4.01. The van der Waals surface area contributed by atoms with Gasteiger partial charge in [-0.05, 0) is 13.0 Å². The van der Waals surface area contributed by atoms with E-state index in [2.05, 4.69) is 14.6 Å². The minimum Gasteiger partial charge on any atom is -0.468 e. The van der Waals surface area contributed by atoms with E-state index in [-0.39, 0.29) is 13.1 Å². The fourth-order valence-electron chi connectivity index (χ4n) is 1.54. The van der Waals surface area contributed by atoms with E-state index < -0.39 is 23.9 Å². The van der Waals surface area contributed by atoms with Crippen molar-refractivity contribution in [2.75, 3.05) is 27.3 Å². The molecule has 0 fully saturated rings. The number of ether oxygens (including phenoxy) is 2. The van der Waals surface area contributed by atoms with Gasteiger partial charge in [0.15, 0.2) is 0 Å². The van der Waals surface area contributed by atoms with E-state index >= 15 is 0 Å². The molecule has 8 heteroatoms. The van der Waals surface area contributed by atoms with Gasteiger partial charge in [-0.25, -0.2) is 0 Å². The molecule has 1 rings (SSSR count). The number of nitrogens with zero attached hydrogens (tertiary/aromatic N) is 3. The summed E-state index contributed by atoms with van der Waals surface area (Å²) in [6, 6.07) is 1.04. The van der Waals surface area contributed by atoms with Gasteiger partial charge in [0, 0.05) is 12.4 Å². The first-order valence-electron chi connectivity index (χ1n) is 5.91. The Hall–Kier alpha value is -2.38. The molecular weight excluding hydrogens is 266 g/mol. The minimum absolute atomic E-state index is 0.323. The first-order valence-corrected chi connectivity index (χ1v) is 5.91. The van der Waals surface area contributed by atoms with Crippen LogP contribution in [0.3, 0.4) is 0 Å². The van der Waals surface area contributed by atoms with Crippen molar-refractivity contribution in [2.45, 2.75) is 13.0 Å². The van der Waals surface area contributed by atoms with Crippen LogP contribution in [0.5, 0.6) is 0 Å². The molecule has 0 aliphatic heterocycles. The predicted molar refractivity (Wildman–Crippen MR) is 67.6 cm³/mol. The number of methoxy groups -OCH3 is 2. The fourth-order valence-corrected chi connectivity index (χ4v) is 1.54. The highest BCUT2D eigenvalue weighted by molar-refractivity contribution is 5.87. The molecule has 0 saturated heterocycles. The van der Waals surface area contributed by atoms with E-state index in [1.165, 1.54) is 25.1 Å². The van der Waals surface area contributed by atoms with Gasteiger partial charge in [-0.2, -0.15) is 5.10 Å². The lowest BCUT2D eigenvalue weighted by Crippen LogP contribution is -2.43. The molecule has 1 atom stereocenters. The number of hydrogen-bond donors (Lipinski definition) is 0. The number of rotatable bonds is 6. The minimum atomic E-state index is -0.640.